The fraction of sp³-hybridized carbons (Fsp3) is 0.400. The number of amides is 2. The maximum Gasteiger partial charge on any atom is 0.264 e. The molecule has 2 N–H and O–H groups in total. The van der Waals surface area contributed by atoms with Crippen molar-refractivity contribution >= 4 is 23.2 Å². The zero-order chi connectivity index (χ0) is 18.7. The second-order valence-electron chi connectivity index (χ2n) is 6.75. The first-order valence-corrected chi connectivity index (χ1v) is 9.72. The van der Waals surface area contributed by atoms with E-state index in [4.69, 9.17) is 5.73 Å². The molecule has 0 bridgehead atoms. The molecule has 0 spiro atoms. The molecule has 1 atom stereocenters. The summed E-state index contributed by atoms with van der Waals surface area (Å²) in [5.41, 5.74) is 7.14. The topological polar surface area (TPSA) is 63.4 Å². The van der Waals surface area contributed by atoms with Crippen LogP contribution in [-0.4, -0.2) is 23.8 Å². The van der Waals surface area contributed by atoms with E-state index in [-0.39, 0.29) is 5.91 Å². The molecule has 2 amide bonds. The van der Waals surface area contributed by atoms with Gasteiger partial charge < -0.3 is 10.6 Å². The van der Waals surface area contributed by atoms with E-state index in [9.17, 15) is 14.0 Å². The Kier molecular flexibility index (Phi) is 5.71. The van der Waals surface area contributed by atoms with Gasteiger partial charge in [-0.3, -0.25) is 9.59 Å². The summed E-state index contributed by atoms with van der Waals surface area (Å²) in [5, 5.41) is 0. The lowest BCUT2D eigenvalue weighted by molar-refractivity contribution is -0.122. The average Bonchev–Trinajstić information content (AvgIpc) is 2.96. The average molecular weight is 374 g/mol. The molecule has 0 saturated carbocycles. The van der Waals surface area contributed by atoms with Gasteiger partial charge in [-0.1, -0.05) is 25.0 Å². The molecule has 4 nitrogen and oxygen atoms in total. The minimum Gasteiger partial charge on any atom is -0.368 e. The Morgan fingerprint density at radius 1 is 1.15 bits per heavy atom. The largest absolute Gasteiger partial charge is 0.368 e. The number of fused-ring (bicyclic) bond motifs is 1. The van der Waals surface area contributed by atoms with E-state index >= 15 is 0 Å². The number of hydrogen-bond acceptors (Lipinski definition) is 3. The van der Waals surface area contributed by atoms with Gasteiger partial charge in [-0.2, -0.15) is 0 Å². The van der Waals surface area contributed by atoms with Crippen molar-refractivity contribution in [1.82, 2.24) is 4.90 Å². The number of halogens is 1. The van der Waals surface area contributed by atoms with Crippen LogP contribution in [0.5, 0.6) is 0 Å². The molecule has 3 rings (SSSR count). The Labute approximate surface area is 156 Å². The van der Waals surface area contributed by atoms with Crippen LogP contribution in [0.2, 0.25) is 0 Å². The van der Waals surface area contributed by atoms with Crippen LogP contribution in [-0.2, 0) is 17.6 Å². The molecule has 138 valence electrons. The number of nitrogens with two attached hydrogens (primary N) is 1. The molecule has 1 aromatic carbocycles. The lowest BCUT2D eigenvalue weighted by Crippen LogP contribution is -2.39. The van der Waals surface area contributed by atoms with Crippen molar-refractivity contribution in [2.75, 3.05) is 7.05 Å². The van der Waals surface area contributed by atoms with Crippen molar-refractivity contribution < 1.29 is 14.0 Å². The standard InChI is InChI=1S/C20H23FN2O2S/c1-23(18(19(22)24)14-8-6-9-15(21)11-14)20(25)17-12-13-7-4-2-3-5-10-16(13)26-17/h6,8-9,11-12,18H,2-5,7,10H2,1H3,(H2,22,24). The van der Waals surface area contributed by atoms with Crippen LogP contribution in [0.4, 0.5) is 4.39 Å². The molecule has 26 heavy (non-hydrogen) atoms. The summed E-state index contributed by atoms with van der Waals surface area (Å²) in [6, 6.07) is 6.61. The van der Waals surface area contributed by atoms with E-state index in [1.807, 2.05) is 6.07 Å². The number of primary amides is 1. The molecule has 1 aromatic heterocycles. The zero-order valence-corrected chi connectivity index (χ0v) is 15.7. The van der Waals surface area contributed by atoms with Gasteiger partial charge in [-0.15, -0.1) is 11.3 Å². The monoisotopic (exact) mass is 374 g/mol. The van der Waals surface area contributed by atoms with Crippen LogP contribution < -0.4 is 5.73 Å². The number of benzene rings is 1. The molecule has 0 fully saturated rings. The first-order valence-electron chi connectivity index (χ1n) is 8.91. The fourth-order valence-corrected chi connectivity index (χ4v) is 4.73. The third kappa shape index (κ3) is 3.96. The SMILES string of the molecule is CN(C(=O)c1cc2c(s1)CCCCCC2)C(C(N)=O)c1cccc(F)c1. The Hall–Kier alpha value is -2.21. The van der Waals surface area contributed by atoms with Crippen LogP contribution >= 0.6 is 11.3 Å². The maximum absolute atomic E-state index is 13.6. The highest BCUT2D eigenvalue weighted by Crippen LogP contribution is 2.31. The highest BCUT2D eigenvalue weighted by molar-refractivity contribution is 7.14. The summed E-state index contributed by atoms with van der Waals surface area (Å²) in [4.78, 5) is 28.2. The van der Waals surface area contributed by atoms with Crippen molar-refractivity contribution in [1.29, 1.82) is 0 Å². The molecule has 0 saturated heterocycles. The second-order valence-corrected chi connectivity index (χ2v) is 7.89. The maximum atomic E-state index is 13.6. The highest BCUT2D eigenvalue weighted by Gasteiger charge is 2.29. The summed E-state index contributed by atoms with van der Waals surface area (Å²) < 4.78 is 13.6. The predicted octanol–water partition coefficient (Wildman–Crippen LogP) is 3.84. The minimum atomic E-state index is -0.997. The van der Waals surface area contributed by atoms with Gasteiger partial charge in [-0.05, 0) is 55.0 Å². The van der Waals surface area contributed by atoms with Crippen LogP contribution in [0.25, 0.3) is 0 Å². The molecule has 1 aliphatic carbocycles. The molecule has 0 radical (unpaired) electrons. The number of hydrogen-bond donors (Lipinski definition) is 1. The van der Waals surface area contributed by atoms with Crippen LogP contribution in [0.1, 0.15) is 57.4 Å². The number of rotatable bonds is 4. The first-order chi connectivity index (χ1) is 12.5. The number of likely N-dealkylation sites (N-methyl/N-ethyl adjacent to an activating group) is 1. The third-order valence-electron chi connectivity index (χ3n) is 4.85. The van der Waals surface area contributed by atoms with Crippen LogP contribution in [0.15, 0.2) is 30.3 Å². The molecular formula is C20H23FN2O2S. The molecule has 1 aliphatic rings. The molecular weight excluding hydrogens is 351 g/mol. The Balaban J connectivity index is 1.88. The molecule has 6 heteroatoms. The van der Waals surface area contributed by atoms with Crippen molar-refractivity contribution in [3.8, 4) is 0 Å². The number of carbonyl (C=O) groups excluding carboxylic acids is 2. The second kappa shape index (κ2) is 7.99. The van der Waals surface area contributed by atoms with Gasteiger partial charge in [0.25, 0.3) is 5.91 Å². The number of carbonyl (C=O) groups is 2. The Bertz CT molecular complexity index is 792. The number of nitrogens with zero attached hydrogens (tertiary/aromatic N) is 1. The first kappa shape index (κ1) is 18.6. The molecule has 1 heterocycles. The smallest absolute Gasteiger partial charge is 0.264 e. The van der Waals surface area contributed by atoms with E-state index in [1.54, 1.807) is 13.1 Å². The number of aryl methyl sites for hydroxylation is 2. The lowest BCUT2D eigenvalue weighted by atomic mass is 9.99. The predicted molar refractivity (Wildman–Crippen MR) is 101 cm³/mol. The summed E-state index contributed by atoms with van der Waals surface area (Å²) in [6.45, 7) is 0. The van der Waals surface area contributed by atoms with E-state index in [0.29, 0.717) is 10.4 Å². The lowest BCUT2D eigenvalue weighted by Gasteiger charge is -2.25. The van der Waals surface area contributed by atoms with Gasteiger partial charge in [0.05, 0.1) is 4.88 Å². The summed E-state index contributed by atoms with van der Waals surface area (Å²) >= 11 is 1.50. The van der Waals surface area contributed by atoms with Gasteiger partial charge in [0.2, 0.25) is 5.91 Å². The highest BCUT2D eigenvalue weighted by atomic mass is 32.1. The summed E-state index contributed by atoms with van der Waals surface area (Å²) in [6.07, 6.45) is 6.72. The van der Waals surface area contributed by atoms with E-state index in [0.717, 1.165) is 25.7 Å². The van der Waals surface area contributed by atoms with Gasteiger partial charge in [0.1, 0.15) is 11.9 Å². The van der Waals surface area contributed by atoms with Gasteiger partial charge in [0, 0.05) is 11.9 Å². The van der Waals surface area contributed by atoms with Crippen molar-refractivity contribution in [2.45, 2.75) is 44.6 Å². The van der Waals surface area contributed by atoms with Gasteiger partial charge >= 0.3 is 0 Å². The van der Waals surface area contributed by atoms with Crippen molar-refractivity contribution in [2.24, 2.45) is 5.73 Å². The van der Waals surface area contributed by atoms with E-state index < -0.39 is 17.8 Å². The fourth-order valence-electron chi connectivity index (χ4n) is 3.50. The number of thiophene rings is 1. The van der Waals surface area contributed by atoms with E-state index in [2.05, 4.69) is 0 Å². The molecule has 1 unspecified atom stereocenters. The molecule has 2 aromatic rings. The normalized spacial score (nSPS) is 15.5. The minimum absolute atomic E-state index is 0.255. The quantitative estimate of drug-likeness (QED) is 0.884. The van der Waals surface area contributed by atoms with Gasteiger partial charge in [-0.25, -0.2) is 4.39 Å². The van der Waals surface area contributed by atoms with Crippen molar-refractivity contribution in [3.05, 3.63) is 57.0 Å². The Morgan fingerprint density at radius 3 is 2.58 bits per heavy atom. The van der Waals surface area contributed by atoms with Crippen molar-refractivity contribution in [3.63, 3.8) is 0 Å². The summed E-state index contributed by atoms with van der Waals surface area (Å²) in [5.74, 6) is -1.40. The van der Waals surface area contributed by atoms with Gasteiger partial charge in [0.15, 0.2) is 0 Å². The summed E-state index contributed by atoms with van der Waals surface area (Å²) in [7, 11) is 1.54. The van der Waals surface area contributed by atoms with Crippen LogP contribution in [0.3, 0.4) is 0 Å². The zero-order valence-electron chi connectivity index (χ0n) is 14.8. The van der Waals surface area contributed by atoms with E-state index in [1.165, 1.54) is 57.7 Å². The molecule has 0 aliphatic heterocycles. The van der Waals surface area contributed by atoms with Crippen LogP contribution in [0, 0.1) is 5.82 Å². The third-order valence-corrected chi connectivity index (χ3v) is 6.07. The Morgan fingerprint density at radius 2 is 1.88 bits per heavy atom.